The average molecular weight is 266 g/mol. The lowest BCUT2D eigenvalue weighted by atomic mass is 10.1. The van der Waals surface area contributed by atoms with Gasteiger partial charge in [0.05, 0.1) is 10.5 Å². The molecule has 1 aromatic rings. The summed E-state index contributed by atoms with van der Waals surface area (Å²) in [6.45, 7) is -2.10. The minimum Gasteiger partial charge on any atom is -0.434 e. The molecule has 0 aromatic heterocycles. The van der Waals surface area contributed by atoms with Gasteiger partial charge in [0.2, 0.25) is 0 Å². The molecule has 0 amide bonds. The maximum atomic E-state index is 12.0. The second-order valence-electron chi connectivity index (χ2n) is 2.96. The van der Waals surface area contributed by atoms with Crippen LogP contribution in [0.1, 0.15) is 17.3 Å². The number of rotatable bonds is 4. The first kappa shape index (κ1) is 13.3. The first-order valence-electron chi connectivity index (χ1n) is 4.27. The second kappa shape index (κ2) is 5.05. The number of ketones is 1. The Balaban J connectivity index is 3.39. The van der Waals surface area contributed by atoms with Crippen LogP contribution in [0.3, 0.4) is 0 Å². The number of Topliss-reactive ketones (excluding diaryl/α,β-unsaturated/α-hetero) is 1. The van der Waals surface area contributed by atoms with E-state index in [-0.39, 0.29) is 0 Å². The molecule has 0 aliphatic rings. The molecule has 1 rings (SSSR count). The van der Waals surface area contributed by atoms with Gasteiger partial charge in [-0.05, 0) is 13.0 Å². The summed E-state index contributed by atoms with van der Waals surface area (Å²) in [7, 11) is 0. The van der Waals surface area contributed by atoms with Gasteiger partial charge in [0.15, 0.2) is 5.78 Å². The van der Waals surface area contributed by atoms with Gasteiger partial charge in [0.1, 0.15) is 10.8 Å². The van der Waals surface area contributed by atoms with Gasteiger partial charge < -0.3 is 4.74 Å². The summed E-state index contributed by atoms with van der Waals surface area (Å²) in [6.07, 6.45) is 0. The molecule has 0 atom stereocenters. The lowest BCUT2D eigenvalue weighted by Crippen LogP contribution is -2.08. The van der Waals surface area contributed by atoms with Gasteiger partial charge in [-0.3, -0.25) is 14.9 Å². The van der Waals surface area contributed by atoms with E-state index in [2.05, 4.69) is 4.74 Å². The number of alkyl halides is 2. The zero-order valence-electron chi connectivity index (χ0n) is 8.45. The number of halogens is 3. The molecule has 0 saturated heterocycles. The van der Waals surface area contributed by atoms with Crippen molar-refractivity contribution in [3.63, 3.8) is 0 Å². The smallest absolute Gasteiger partial charge is 0.387 e. The Hall–Kier alpha value is -1.76. The zero-order chi connectivity index (χ0) is 13.2. The number of hydrogen-bond donors (Lipinski definition) is 0. The van der Waals surface area contributed by atoms with Gasteiger partial charge >= 0.3 is 6.61 Å². The molecule has 5 nitrogen and oxygen atoms in total. The number of ether oxygens (including phenoxy) is 1. The van der Waals surface area contributed by atoms with Crippen molar-refractivity contribution >= 4 is 23.1 Å². The Labute approximate surface area is 99.1 Å². The van der Waals surface area contributed by atoms with E-state index in [0.717, 1.165) is 19.1 Å². The molecular weight excluding hydrogens is 260 g/mol. The van der Waals surface area contributed by atoms with Crippen LogP contribution in [0, 0.1) is 10.1 Å². The summed E-state index contributed by atoms with van der Waals surface area (Å²) in [5, 5.41) is 10.0. The third-order valence-electron chi connectivity index (χ3n) is 1.85. The number of carbonyl (C=O) groups is 1. The lowest BCUT2D eigenvalue weighted by Gasteiger charge is -2.09. The van der Waals surface area contributed by atoms with E-state index < -0.39 is 39.3 Å². The van der Waals surface area contributed by atoms with E-state index in [1.165, 1.54) is 0 Å². The molecule has 0 bridgehead atoms. The highest BCUT2D eigenvalue weighted by atomic mass is 35.5. The van der Waals surface area contributed by atoms with E-state index in [1.54, 1.807) is 0 Å². The number of benzene rings is 1. The van der Waals surface area contributed by atoms with Crippen LogP contribution >= 0.6 is 11.6 Å². The molecule has 0 saturated carbocycles. The van der Waals surface area contributed by atoms with Crippen molar-refractivity contribution in [3.05, 3.63) is 32.8 Å². The Morgan fingerprint density at radius 1 is 1.53 bits per heavy atom. The van der Waals surface area contributed by atoms with Crippen LogP contribution in [0.2, 0.25) is 5.02 Å². The van der Waals surface area contributed by atoms with Crippen molar-refractivity contribution in [1.29, 1.82) is 0 Å². The maximum Gasteiger partial charge on any atom is 0.387 e. The minimum absolute atomic E-state index is 0.429. The molecule has 0 radical (unpaired) electrons. The molecule has 8 heteroatoms. The highest BCUT2D eigenvalue weighted by Crippen LogP contribution is 2.35. The second-order valence-corrected chi connectivity index (χ2v) is 3.34. The summed E-state index contributed by atoms with van der Waals surface area (Å²) < 4.78 is 28.1. The Bertz CT molecular complexity index is 478. The molecule has 0 aliphatic heterocycles. The summed E-state index contributed by atoms with van der Waals surface area (Å²) in [4.78, 5) is 20.9. The summed E-state index contributed by atoms with van der Waals surface area (Å²) in [5.41, 5.74) is -0.973. The zero-order valence-corrected chi connectivity index (χ0v) is 9.20. The third kappa shape index (κ3) is 2.88. The lowest BCUT2D eigenvalue weighted by molar-refractivity contribution is -0.384. The first-order chi connectivity index (χ1) is 7.84. The SMILES string of the molecule is CC(=O)c1c(OC(F)F)ccc([N+](=O)[O-])c1Cl. The molecule has 0 N–H and O–H groups in total. The Morgan fingerprint density at radius 3 is 2.53 bits per heavy atom. The summed E-state index contributed by atoms with van der Waals surface area (Å²) >= 11 is 5.60. The normalized spacial score (nSPS) is 10.4. The molecule has 0 aliphatic carbocycles. The van der Waals surface area contributed by atoms with Crippen molar-refractivity contribution in [2.45, 2.75) is 13.5 Å². The monoisotopic (exact) mass is 265 g/mol. The minimum atomic E-state index is -3.15. The van der Waals surface area contributed by atoms with Crippen LogP contribution in [-0.4, -0.2) is 17.3 Å². The van der Waals surface area contributed by atoms with Crippen LogP contribution in [0.4, 0.5) is 14.5 Å². The molecule has 92 valence electrons. The highest BCUT2D eigenvalue weighted by molar-refractivity contribution is 6.36. The van der Waals surface area contributed by atoms with Crippen molar-refractivity contribution < 1.29 is 23.2 Å². The van der Waals surface area contributed by atoms with Crippen LogP contribution in [-0.2, 0) is 0 Å². The molecule has 0 spiro atoms. The number of hydrogen-bond acceptors (Lipinski definition) is 4. The van der Waals surface area contributed by atoms with Crippen LogP contribution in [0.5, 0.6) is 5.75 Å². The van der Waals surface area contributed by atoms with E-state index >= 15 is 0 Å². The van der Waals surface area contributed by atoms with E-state index in [1.807, 2.05) is 0 Å². The predicted octanol–water partition coefficient (Wildman–Crippen LogP) is 3.05. The van der Waals surface area contributed by atoms with Gasteiger partial charge in [-0.25, -0.2) is 0 Å². The maximum absolute atomic E-state index is 12.0. The van der Waals surface area contributed by atoms with E-state index in [9.17, 15) is 23.7 Å². The molecule has 0 fully saturated rings. The molecule has 0 unspecified atom stereocenters. The van der Waals surface area contributed by atoms with E-state index in [0.29, 0.717) is 0 Å². The molecular formula is C9H6ClF2NO4. The molecule has 17 heavy (non-hydrogen) atoms. The predicted molar refractivity (Wildman–Crippen MR) is 54.7 cm³/mol. The highest BCUT2D eigenvalue weighted by Gasteiger charge is 2.24. The number of nitrogens with zero attached hydrogens (tertiary/aromatic N) is 1. The summed E-state index contributed by atoms with van der Waals surface area (Å²) in [5.74, 6) is -1.18. The third-order valence-corrected chi connectivity index (χ3v) is 2.23. The first-order valence-corrected chi connectivity index (χ1v) is 4.65. The van der Waals surface area contributed by atoms with Crippen molar-refractivity contribution in [3.8, 4) is 5.75 Å². The van der Waals surface area contributed by atoms with Gasteiger partial charge in [-0.1, -0.05) is 11.6 Å². The van der Waals surface area contributed by atoms with E-state index in [4.69, 9.17) is 11.6 Å². The fourth-order valence-electron chi connectivity index (χ4n) is 1.21. The van der Waals surface area contributed by atoms with Crippen LogP contribution in [0.15, 0.2) is 12.1 Å². The van der Waals surface area contributed by atoms with Crippen LogP contribution < -0.4 is 4.74 Å². The van der Waals surface area contributed by atoms with Gasteiger partial charge in [0, 0.05) is 6.07 Å². The van der Waals surface area contributed by atoms with Crippen LogP contribution in [0.25, 0.3) is 0 Å². The van der Waals surface area contributed by atoms with Crippen molar-refractivity contribution in [1.82, 2.24) is 0 Å². The average Bonchev–Trinajstić information content (AvgIpc) is 2.15. The molecule has 1 aromatic carbocycles. The summed E-state index contributed by atoms with van der Waals surface area (Å²) in [6, 6.07) is 1.80. The standard InChI is InChI=1S/C9H6ClF2NO4/c1-4(14)7-6(17-9(11)12)3-2-5(8(7)10)13(15)16/h2-3,9H,1H3. The van der Waals surface area contributed by atoms with Gasteiger partial charge in [-0.2, -0.15) is 8.78 Å². The number of nitro groups is 1. The van der Waals surface area contributed by atoms with Gasteiger partial charge in [-0.15, -0.1) is 0 Å². The quantitative estimate of drug-likeness (QED) is 0.477. The van der Waals surface area contributed by atoms with Gasteiger partial charge in [0.25, 0.3) is 5.69 Å². The number of nitro benzene ring substituents is 1. The molecule has 0 heterocycles. The topological polar surface area (TPSA) is 69.4 Å². The largest absolute Gasteiger partial charge is 0.434 e. The van der Waals surface area contributed by atoms with Crippen molar-refractivity contribution in [2.24, 2.45) is 0 Å². The fraction of sp³-hybridized carbons (Fsp3) is 0.222. The Kier molecular flexibility index (Phi) is 3.95. The Morgan fingerprint density at radius 2 is 2.12 bits per heavy atom. The number of carbonyl (C=O) groups excluding carboxylic acids is 1. The van der Waals surface area contributed by atoms with Crippen molar-refractivity contribution in [2.75, 3.05) is 0 Å². The fourth-order valence-corrected chi connectivity index (χ4v) is 1.57.